The summed E-state index contributed by atoms with van der Waals surface area (Å²) in [7, 11) is -4.04. The minimum absolute atomic E-state index is 0.0125. The number of aliphatic carboxylic acids is 1. The summed E-state index contributed by atoms with van der Waals surface area (Å²) in [6.45, 7) is 4.79. The van der Waals surface area contributed by atoms with Gasteiger partial charge >= 0.3 is 19.5 Å². The molecule has 0 saturated heterocycles. The summed E-state index contributed by atoms with van der Waals surface area (Å²) in [5, 5.41) is 9.61. The number of Topliss-reactive ketones (excluding diaryl/α,β-unsaturated/α-hetero) is 1. The molecule has 1 N–H and O–H groups in total. The van der Waals surface area contributed by atoms with Crippen molar-refractivity contribution >= 4 is 25.3 Å². The molecule has 144 valence electrons. The van der Waals surface area contributed by atoms with Crippen LogP contribution in [0, 0.1) is 5.41 Å². The molecule has 0 aromatic carbocycles. The van der Waals surface area contributed by atoms with Crippen LogP contribution in [-0.2, 0) is 32.7 Å². The molecular formula is C16H27O8P. The van der Waals surface area contributed by atoms with Crippen LogP contribution >= 0.6 is 7.60 Å². The van der Waals surface area contributed by atoms with E-state index in [4.69, 9.17) is 13.8 Å². The van der Waals surface area contributed by atoms with Crippen molar-refractivity contribution < 1.29 is 37.8 Å². The van der Waals surface area contributed by atoms with Crippen LogP contribution in [0.3, 0.4) is 0 Å². The molecule has 25 heavy (non-hydrogen) atoms. The van der Waals surface area contributed by atoms with Crippen molar-refractivity contribution in [1.82, 2.24) is 0 Å². The standard InChI is InChI=1S/C16H27O8P/c1-4-22-15(20)16(10-8-7-9-13(16)17)11-12(14(18)19)25(21,23-5-2)24-6-3/h12H,4-11H2,1-3H3,(H,18,19). The number of hydrogen-bond acceptors (Lipinski definition) is 7. The number of esters is 1. The van der Waals surface area contributed by atoms with Crippen LogP contribution in [0.25, 0.3) is 0 Å². The number of carbonyl (C=O) groups is 3. The van der Waals surface area contributed by atoms with Crippen molar-refractivity contribution in [3.63, 3.8) is 0 Å². The van der Waals surface area contributed by atoms with Crippen molar-refractivity contribution in [2.45, 2.75) is 58.5 Å². The molecule has 0 amide bonds. The minimum Gasteiger partial charge on any atom is -0.481 e. The van der Waals surface area contributed by atoms with E-state index < -0.39 is 37.0 Å². The molecule has 0 heterocycles. The Bertz CT molecular complexity index is 536. The van der Waals surface area contributed by atoms with Gasteiger partial charge in [-0.25, -0.2) is 0 Å². The topological polar surface area (TPSA) is 116 Å². The Labute approximate surface area is 147 Å². The summed E-state index contributed by atoms with van der Waals surface area (Å²) in [6.07, 6.45) is 1.11. The normalized spacial score (nSPS) is 22.4. The first kappa shape index (κ1) is 21.8. The summed E-state index contributed by atoms with van der Waals surface area (Å²) in [5.41, 5.74) is -3.22. The number of hydrogen-bond donors (Lipinski definition) is 1. The van der Waals surface area contributed by atoms with Gasteiger partial charge in [-0.2, -0.15) is 0 Å². The van der Waals surface area contributed by atoms with Gasteiger partial charge in [-0.05, 0) is 40.0 Å². The fraction of sp³-hybridized carbons (Fsp3) is 0.812. The van der Waals surface area contributed by atoms with E-state index in [2.05, 4.69) is 0 Å². The van der Waals surface area contributed by atoms with Gasteiger partial charge in [0.05, 0.1) is 19.8 Å². The first-order valence-corrected chi connectivity index (χ1v) is 10.2. The Hall–Kier alpha value is -1.24. The third kappa shape index (κ3) is 4.90. The second kappa shape index (κ2) is 9.46. The van der Waals surface area contributed by atoms with Crippen molar-refractivity contribution in [2.24, 2.45) is 5.41 Å². The Morgan fingerprint density at radius 2 is 1.76 bits per heavy atom. The van der Waals surface area contributed by atoms with Crippen LogP contribution in [0.15, 0.2) is 0 Å². The molecule has 2 atom stereocenters. The van der Waals surface area contributed by atoms with E-state index in [0.717, 1.165) is 0 Å². The van der Waals surface area contributed by atoms with Crippen molar-refractivity contribution in [3.8, 4) is 0 Å². The fourth-order valence-electron chi connectivity index (χ4n) is 3.12. The Kier molecular flexibility index (Phi) is 8.25. The van der Waals surface area contributed by atoms with Gasteiger partial charge in [-0.15, -0.1) is 0 Å². The summed E-state index contributed by atoms with van der Waals surface area (Å²) in [4.78, 5) is 36.9. The molecule has 0 aliphatic heterocycles. The quantitative estimate of drug-likeness (QED) is 0.350. The lowest BCUT2D eigenvalue weighted by Crippen LogP contribution is -2.46. The molecular weight excluding hydrogens is 351 g/mol. The maximum absolute atomic E-state index is 13.0. The molecule has 0 bridgehead atoms. The van der Waals surface area contributed by atoms with Gasteiger partial charge in [-0.1, -0.05) is 6.42 Å². The highest BCUT2D eigenvalue weighted by Gasteiger charge is 2.55. The molecule has 9 heteroatoms. The van der Waals surface area contributed by atoms with Crippen LogP contribution in [0.1, 0.15) is 52.9 Å². The Morgan fingerprint density at radius 1 is 1.16 bits per heavy atom. The lowest BCUT2D eigenvalue weighted by atomic mass is 9.70. The Morgan fingerprint density at radius 3 is 2.20 bits per heavy atom. The second-order valence-corrected chi connectivity index (χ2v) is 8.09. The molecule has 1 aliphatic rings. The van der Waals surface area contributed by atoms with E-state index in [1.807, 2.05) is 0 Å². The first-order valence-electron chi connectivity index (χ1n) is 8.59. The zero-order chi connectivity index (χ0) is 19.1. The zero-order valence-corrected chi connectivity index (χ0v) is 15.9. The number of rotatable bonds is 10. The molecule has 0 aromatic rings. The van der Waals surface area contributed by atoms with Crippen LogP contribution in [0.2, 0.25) is 0 Å². The van der Waals surface area contributed by atoms with Crippen molar-refractivity contribution in [3.05, 3.63) is 0 Å². The molecule has 1 aliphatic carbocycles. The second-order valence-electron chi connectivity index (χ2n) is 5.87. The monoisotopic (exact) mass is 378 g/mol. The van der Waals surface area contributed by atoms with Crippen LogP contribution in [0.5, 0.6) is 0 Å². The maximum Gasteiger partial charge on any atom is 0.344 e. The van der Waals surface area contributed by atoms with Gasteiger partial charge in [0.25, 0.3) is 0 Å². The van der Waals surface area contributed by atoms with Crippen LogP contribution in [0.4, 0.5) is 0 Å². The van der Waals surface area contributed by atoms with E-state index in [9.17, 15) is 24.1 Å². The van der Waals surface area contributed by atoms with E-state index in [1.165, 1.54) is 0 Å². The highest BCUT2D eigenvalue weighted by molar-refractivity contribution is 7.55. The maximum atomic E-state index is 13.0. The van der Waals surface area contributed by atoms with Crippen LogP contribution in [-0.4, -0.2) is 48.3 Å². The SMILES string of the molecule is CCOC(=O)C1(CC(C(=O)O)P(=O)(OCC)OCC)CCCCC1=O. The largest absolute Gasteiger partial charge is 0.481 e. The van der Waals surface area contributed by atoms with E-state index >= 15 is 0 Å². The summed E-state index contributed by atoms with van der Waals surface area (Å²) < 4.78 is 28.3. The van der Waals surface area contributed by atoms with Gasteiger partial charge in [0.1, 0.15) is 11.2 Å². The van der Waals surface area contributed by atoms with Gasteiger partial charge in [-0.3, -0.25) is 18.9 Å². The van der Waals surface area contributed by atoms with Crippen molar-refractivity contribution in [2.75, 3.05) is 19.8 Å². The van der Waals surface area contributed by atoms with E-state index in [1.54, 1.807) is 20.8 Å². The van der Waals surface area contributed by atoms with E-state index in [-0.39, 0.29) is 38.4 Å². The number of carboxylic acid groups (broad SMARTS) is 1. The highest BCUT2D eigenvalue weighted by atomic mass is 31.2. The van der Waals surface area contributed by atoms with Gasteiger partial charge < -0.3 is 18.9 Å². The third-order valence-corrected chi connectivity index (χ3v) is 6.69. The Balaban J connectivity index is 3.29. The summed E-state index contributed by atoms with van der Waals surface area (Å²) >= 11 is 0. The molecule has 0 radical (unpaired) electrons. The van der Waals surface area contributed by atoms with Crippen molar-refractivity contribution in [1.29, 1.82) is 0 Å². The number of carboxylic acids is 1. The zero-order valence-electron chi connectivity index (χ0n) is 15.0. The molecule has 2 unspecified atom stereocenters. The van der Waals surface area contributed by atoms with Gasteiger partial charge in [0.2, 0.25) is 0 Å². The van der Waals surface area contributed by atoms with Gasteiger partial charge in [0, 0.05) is 6.42 Å². The molecule has 0 aromatic heterocycles. The number of ketones is 1. The molecule has 1 fully saturated rings. The molecule has 1 rings (SSSR count). The smallest absolute Gasteiger partial charge is 0.344 e. The van der Waals surface area contributed by atoms with E-state index in [0.29, 0.717) is 12.8 Å². The first-order chi connectivity index (χ1) is 11.8. The minimum atomic E-state index is -4.04. The predicted octanol–water partition coefficient (Wildman–Crippen LogP) is 2.79. The predicted molar refractivity (Wildman–Crippen MR) is 89.4 cm³/mol. The highest BCUT2D eigenvalue weighted by Crippen LogP contribution is 2.57. The third-order valence-electron chi connectivity index (χ3n) is 4.28. The average molecular weight is 378 g/mol. The lowest BCUT2D eigenvalue weighted by molar-refractivity contribution is -0.163. The summed E-state index contributed by atoms with van der Waals surface area (Å²) in [6, 6.07) is 0. The molecule has 1 saturated carbocycles. The van der Waals surface area contributed by atoms with Crippen LogP contribution < -0.4 is 0 Å². The molecule has 8 nitrogen and oxygen atoms in total. The number of ether oxygens (including phenoxy) is 1. The summed E-state index contributed by atoms with van der Waals surface area (Å²) in [5.74, 6) is -2.55. The van der Waals surface area contributed by atoms with Gasteiger partial charge in [0.15, 0.2) is 5.66 Å². The lowest BCUT2D eigenvalue weighted by Gasteiger charge is -2.36. The molecule has 0 spiro atoms. The number of carbonyl (C=O) groups excluding carboxylic acids is 2. The average Bonchev–Trinajstić information content (AvgIpc) is 2.54. The fourth-order valence-corrected chi connectivity index (χ4v) is 5.08.